The number of benzene rings is 1. The van der Waals surface area contributed by atoms with Gasteiger partial charge in [0, 0.05) is 18.9 Å². The molecule has 0 aliphatic carbocycles. The maximum atomic E-state index is 12.0. The number of amides is 2. The van der Waals surface area contributed by atoms with Crippen molar-refractivity contribution in [3.8, 4) is 0 Å². The fourth-order valence-electron chi connectivity index (χ4n) is 1.50. The number of urea groups is 1. The number of rotatable bonds is 2. The Hall–Kier alpha value is -2.36. The van der Waals surface area contributed by atoms with Gasteiger partial charge >= 0.3 is 6.03 Å². The summed E-state index contributed by atoms with van der Waals surface area (Å²) in [6, 6.07) is 12.9. The first kappa shape index (κ1) is 12.1. The fraction of sp³-hybridized carbons (Fsp3) is 0.143. The predicted octanol–water partition coefficient (Wildman–Crippen LogP) is 3.06. The SMILES string of the molecule is Cc1ccc(NC(=O)N(C)c2ccccn2)cc1. The first-order valence-electron chi connectivity index (χ1n) is 5.69. The molecule has 1 N–H and O–H groups in total. The minimum atomic E-state index is -0.211. The van der Waals surface area contributed by atoms with Crippen molar-refractivity contribution in [2.24, 2.45) is 0 Å². The van der Waals surface area contributed by atoms with E-state index in [0.717, 1.165) is 11.3 Å². The Morgan fingerprint density at radius 2 is 1.89 bits per heavy atom. The van der Waals surface area contributed by atoms with Gasteiger partial charge < -0.3 is 5.32 Å². The van der Waals surface area contributed by atoms with Crippen LogP contribution in [0.1, 0.15) is 5.56 Å². The number of nitrogens with one attached hydrogen (secondary N) is 1. The van der Waals surface area contributed by atoms with Crippen molar-refractivity contribution in [2.75, 3.05) is 17.3 Å². The third kappa shape index (κ3) is 2.85. The van der Waals surface area contributed by atoms with Gasteiger partial charge in [0.05, 0.1) is 0 Å². The zero-order valence-corrected chi connectivity index (χ0v) is 10.4. The van der Waals surface area contributed by atoms with Crippen molar-refractivity contribution >= 4 is 17.5 Å². The van der Waals surface area contributed by atoms with Crippen molar-refractivity contribution in [3.05, 3.63) is 54.2 Å². The van der Waals surface area contributed by atoms with Crippen LogP contribution in [0.15, 0.2) is 48.7 Å². The summed E-state index contributed by atoms with van der Waals surface area (Å²) < 4.78 is 0. The minimum Gasteiger partial charge on any atom is -0.308 e. The molecule has 1 aromatic heterocycles. The largest absolute Gasteiger partial charge is 0.327 e. The third-order valence-electron chi connectivity index (χ3n) is 2.60. The molecule has 0 spiro atoms. The zero-order valence-electron chi connectivity index (χ0n) is 10.4. The summed E-state index contributed by atoms with van der Waals surface area (Å²) >= 11 is 0. The van der Waals surface area contributed by atoms with E-state index in [0.29, 0.717) is 5.82 Å². The van der Waals surface area contributed by atoms with Gasteiger partial charge in [-0.15, -0.1) is 0 Å². The van der Waals surface area contributed by atoms with E-state index in [9.17, 15) is 4.79 Å². The molecule has 2 amide bonds. The monoisotopic (exact) mass is 241 g/mol. The maximum Gasteiger partial charge on any atom is 0.327 e. The second-order valence-corrected chi connectivity index (χ2v) is 4.04. The van der Waals surface area contributed by atoms with Gasteiger partial charge in [-0.05, 0) is 31.2 Å². The molecular formula is C14H15N3O. The lowest BCUT2D eigenvalue weighted by atomic mass is 10.2. The Bertz CT molecular complexity index is 522. The molecule has 0 unspecified atom stereocenters. The number of pyridine rings is 1. The van der Waals surface area contributed by atoms with E-state index in [1.54, 1.807) is 19.3 Å². The molecule has 0 aliphatic rings. The predicted molar refractivity (Wildman–Crippen MR) is 72.8 cm³/mol. The topological polar surface area (TPSA) is 45.2 Å². The summed E-state index contributed by atoms with van der Waals surface area (Å²) in [7, 11) is 1.69. The Morgan fingerprint density at radius 3 is 2.50 bits per heavy atom. The van der Waals surface area contributed by atoms with Gasteiger partial charge in [-0.2, -0.15) is 0 Å². The van der Waals surface area contributed by atoms with Crippen LogP contribution in [0, 0.1) is 6.92 Å². The Labute approximate surface area is 106 Å². The molecule has 0 saturated heterocycles. The molecule has 0 fully saturated rings. The third-order valence-corrected chi connectivity index (χ3v) is 2.60. The quantitative estimate of drug-likeness (QED) is 0.878. The lowest BCUT2D eigenvalue weighted by molar-refractivity contribution is 0.258. The summed E-state index contributed by atoms with van der Waals surface area (Å²) in [5.74, 6) is 0.613. The summed E-state index contributed by atoms with van der Waals surface area (Å²) in [5, 5.41) is 2.81. The Kier molecular flexibility index (Phi) is 3.57. The lowest BCUT2D eigenvalue weighted by Crippen LogP contribution is -2.31. The number of aryl methyl sites for hydroxylation is 1. The highest BCUT2D eigenvalue weighted by Gasteiger charge is 2.11. The van der Waals surface area contributed by atoms with Crippen LogP contribution in [0.5, 0.6) is 0 Å². The number of hydrogen-bond donors (Lipinski definition) is 1. The van der Waals surface area contributed by atoms with Crippen LogP contribution < -0.4 is 10.2 Å². The second kappa shape index (κ2) is 5.31. The average molecular weight is 241 g/mol. The normalized spacial score (nSPS) is 9.89. The Morgan fingerprint density at radius 1 is 1.17 bits per heavy atom. The van der Waals surface area contributed by atoms with Crippen LogP contribution >= 0.6 is 0 Å². The Balaban J connectivity index is 2.06. The summed E-state index contributed by atoms with van der Waals surface area (Å²) in [4.78, 5) is 17.6. The van der Waals surface area contributed by atoms with Crippen LogP contribution in [-0.2, 0) is 0 Å². The van der Waals surface area contributed by atoms with Gasteiger partial charge in [0.2, 0.25) is 0 Å². The summed E-state index contributed by atoms with van der Waals surface area (Å²) in [6.07, 6.45) is 1.66. The van der Waals surface area contributed by atoms with Gasteiger partial charge in [0.1, 0.15) is 5.82 Å². The molecule has 1 heterocycles. The maximum absolute atomic E-state index is 12.0. The van der Waals surface area contributed by atoms with E-state index in [4.69, 9.17) is 0 Å². The first-order valence-corrected chi connectivity index (χ1v) is 5.69. The van der Waals surface area contributed by atoms with Gasteiger partial charge in [-0.1, -0.05) is 23.8 Å². The van der Waals surface area contributed by atoms with Crippen molar-refractivity contribution in [3.63, 3.8) is 0 Å². The molecule has 2 rings (SSSR count). The molecule has 0 aliphatic heterocycles. The smallest absolute Gasteiger partial charge is 0.308 e. The van der Waals surface area contributed by atoms with Gasteiger partial charge in [-0.3, -0.25) is 4.90 Å². The fourth-order valence-corrected chi connectivity index (χ4v) is 1.50. The molecule has 1 aromatic carbocycles. The zero-order chi connectivity index (χ0) is 13.0. The van der Waals surface area contributed by atoms with Gasteiger partial charge in [-0.25, -0.2) is 9.78 Å². The number of anilines is 2. The van der Waals surface area contributed by atoms with E-state index >= 15 is 0 Å². The van der Waals surface area contributed by atoms with Crippen LogP contribution in [0.3, 0.4) is 0 Å². The van der Waals surface area contributed by atoms with Gasteiger partial charge in [0.15, 0.2) is 0 Å². The summed E-state index contributed by atoms with van der Waals surface area (Å²) in [5.41, 5.74) is 1.93. The van der Waals surface area contributed by atoms with Gasteiger partial charge in [0.25, 0.3) is 0 Å². The molecule has 0 saturated carbocycles. The second-order valence-electron chi connectivity index (χ2n) is 4.04. The highest BCUT2D eigenvalue weighted by atomic mass is 16.2. The van der Waals surface area contributed by atoms with E-state index < -0.39 is 0 Å². The van der Waals surface area contributed by atoms with E-state index in [1.807, 2.05) is 43.3 Å². The highest BCUT2D eigenvalue weighted by molar-refractivity contribution is 6.00. The number of carbonyl (C=O) groups excluding carboxylic acids is 1. The highest BCUT2D eigenvalue weighted by Crippen LogP contribution is 2.12. The first-order chi connectivity index (χ1) is 8.66. The molecule has 0 radical (unpaired) electrons. The molecule has 4 heteroatoms. The van der Waals surface area contributed by atoms with Crippen molar-refractivity contribution < 1.29 is 4.79 Å². The van der Waals surface area contributed by atoms with E-state index in [2.05, 4.69) is 10.3 Å². The van der Waals surface area contributed by atoms with Crippen molar-refractivity contribution in [2.45, 2.75) is 6.92 Å². The van der Waals surface area contributed by atoms with Crippen LogP contribution in [0.25, 0.3) is 0 Å². The van der Waals surface area contributed by atoms with E-state index in [-0.39, 0.29) is 6.03 Å². The molecule has 2 aromatic rings. The molecule has 92 valence electrons. The van der Waals surface area contributed by atoms with Crippen molar-refractivity contribution in [1.29, 1.82) is 0 Å². The average Bonchev–Trinajstić information content (AvgIpc) is 2.41. The number of carbonyl (C=O) groups is 1. The summed E-state index contributed by atoms with van der Waals surface area (Å²) in [6.45, 7) is 2.01. The molecule has 18 heavy (non-hydrogen) atoms. The van der Waals surface area contributed by atoms with Crippen LogP contribution in [0.2, 0.25) is 0 Å². The molecular weight excluding hydrogens is 226 g/mol. The molecule has 4 nitrogen and oxygen atoms in total. The number of aromatic nitrogens is 1. The molecule has 0 bridgehead atoms. The van der Waals surface area contributed by atoms with E-state index in [1.165, 1.54) is 4.90 Å². The lowest BCUT2D eigenvalue weighted by Gasteiger charge is -2.16. The number of nitrogens with zero attached hydrogens (tertiary/aromatic N) is 2. The van der Waals surface area contributed by atoms with Crippen LogP contribution in [0.4, 0.5) is 16.3 Å². The van der Waals surface area contributed by atoms with Crippen molar-refractivity contribution in [1.82, 2.24) is 4.98 Å². The molecule has 0 atom stereocenters. The van der Waals surface area contributed by atoms with Crippen LogP contribution in [-0.4, -0.2) is 18.1 Å². The standard InChI is InChI=1S/C14H15N3O/c1-11-6-8-12(9-7-11)16-14(18)17(2)13-5-3-4-10-15-13/h3-10H,1-2H3,(H,16,18). The number of hydrogen-bond acceptors (Lipinski definition) is 2. The minimum absolute atomic E-state index is 0.211.